The molecule has 0 amide bonds. The number of hydrogen-bond acceptors (Lipinski definition) is 5. The molecule has 6 nitrogen and oxygen atoms in total. The maximum Gasteiger partial charge on any atom is 0.241 e. The number of nitrogens with zero attached hydrogens (tertiary/aromatic N) is 1. The molecule has 1 unspecified atom stereocenters. The molecule has 1 aliphatic heterocycles. The highest BCUT2D eigenvalue weighted by atomic mass is 32.2. The molecule has 24 heavy (non-hydrogen) atoms. The summed E-state index contributed by atoms with van der Waals surface area (Å²) in [5.74, 6) is 0. The maximum atomic E-state index is 12.7. The van der Waals surface area contributed by atoms with Gasteiger partial charge in [0.15, 0.2) is 0 Å². The van der Waals surface area contributed by atoms with E-state index in [0.29, 0.717) is 24.7 Å². The zero-order valence-electron chi connectivity index (χ0n) is 14.9. The van der Waals surface area contributed by atoms with E-state index in [1.807, 2.05) is 33.8 Å². The summed E-state index contributed by atoms with van der Waals surface area (Å²) in [5.41, 5.74) is 3.42. The molecule has 1 saturated heterocycles. The van der Waals surface area contributed by atoms with E-state index in [9.17, 15) is 13.5 Å². The maximum absolute atomic E-state index is 12.7. The summed E-state index contributed by atoms with van der Waals surface area (Å²) < 4.78 is 33.3. The first-order valence-electron chi connectivity index (χ1n) is 8.27. The minimum absolute atomic E-state index is 0.00552. The minimum atomic E-state index is -3.66. The van der Waals surface area contributed by atoms with Crippen LogP contribution < -0.4 is 4.72 Å². The fourth-order valence-corrected chi connectivity index (χ4v) is 4.69. The highest BCUT2D eigenvalue weighted by Crippen LogP contribution is 2.25. The molecule has 2 N–H and O–H groups in total. The van der Waals surface area contributed by atoms with Crippen molar-refractivity contribution in [2.45, 2.75) is 38.7 Å². The molecule has 0 saturated carbocycles. The Balaban J connectivity index is 2.06. The average Bonchev–Trinajstić information content (AvgIpc) is 2.52. The number of sulfonamides is 1. The van der Waals surface area contributed by atoms with Gasteiger partial charge < -0.3 is 9.84 Å². The molecule has 0 spiro atoms. The van der Waals surface area contributed by atoms with Gasteiger partial charge in [-0.1, -0.05) is 6.07 Å². The van der Waals surface area contributed by atoms with Gasteiger partial charge in [-0.2, -0.15) is 0 Å². The zero-order chi connectivity index (χ0) is 17.9. The molecular formula is C17H28N2O4S. The van der Waals surface area contributed by atoms with E-state index in [4.69, 9.17) is 4.74 Å². The van der Waals surface area contributed by atoms with E-state index in [1.165, 1.54) is 0 Å². The summed E-state index contributed by atoms with van der Waals surface area (Å²) in [7, 11) is -3.66. The second-order valence-electron chi connectivity index (χ2n) is 6.51. The van der Waals surface area contributed by atoms with Gasteiger partial charge in [0.25, 0.3) is 0 Å². The first-order valence-corrected chi connectivity index (χ1v) is 9.76. The van der Waals surface area contributed by atoms with E-state index < -0.39 is 16.1 Å². The van der Waals surface area contributed by atoms with E-state index in [1.54, 1.807) is 0 Å². The monoisotopic (exact) mass is 356 g/mol. The van der Waals surface area contributed by atoms with Crippen molar-refractivity contribution in [1.82, 2.24) is 9.62 Å². The number of morpholine rings is 1. The van der Waals surface area contributed by atoms with Crippen molar-refractivity contribution in [1.29, 1.82) is 0 Å². The fraction of sp³-hybridized carbons (Fsp3) is 0.647. The molecular weight excluding hydrogens is 328 g/mol. The second kappa shape index (κ2) is 7.93. The van der Waals surface area contributed by atoms with Gasteiger partial charge in [-0.05, 0) is 49.9 Å². The predicted molar refractivity (Wildman–Crippen MR) is 93.8 cm³/mol. The molecule has 1 atom stereocenters. The third-order valence-electron chi connectivity index (χ3n) is 4.65. The summed E-state index contributed by atoms with van der Waals surface area (Å²) in [6.07, 6.45) is -0.746. The number of hydrogen-bond donors (Lipinski definition) is 2. The molecule has 7 heteroatoms. The van der Waals surface area contributed by atoms with Crippen molar-refractivity contribution in [3.63, 3.8) is 0 Å². The number of aliphatic hydroxyl groups excluding tert-OH is 1. The molecule has 1 aromatic carbocycles. The lowest BCUT2D eigenvalue weighted by Crippen LogP contribution is -2.44. The predicted octanol–water partition coefficient (Wildman–Crippen LogP) is 0.892. The van der Waals surface area contributed by atoms with Crippen molar-refractivity contribution < 1.29 is 18.3 Å². The van der Waals surface area contributed by atoms with E-state index in [2.05, 4.69) is 9.62 Å². The number of β-amino-alcohol motifs (C(OH)–C–C–N with tert-alkyl or cyclic N) is 1. The molecule has 0 radical (unpaired) electrons. The lowest BCUT2D eigenvalue weighted by molar-refractivity contribution is 0.0158. The van der Waals surface area contributed by atoms with Gasteiger partial charge in [0.1, 0.15) is 0 Å². The van der Waals surface area contributed by atoms with Crippen LogP contribution >= 0.6 is 0 Å². The summed E-state index contributed by atoms with van der Waals surface area (Å²) in [4.78, 5) is 2.41. The van der Waals surface area contributed by atoms with Gasteiger partial charge >= 0.3 is 0 Å². The van der Waals surface area contributed by atoms with E-state index in [0.717, 1.165) is 35.3 Å². The highest BCUT2D eigenvalue weighted by Gasteiger charge is 2.23. The van der Waals surface area contributed by atoms with Crippen molar-refractivity contribution >= 4 is 10.0 Å². The van der Waals surface area contributed by atoms with Crippen LogP contribution in [0.4, 0.5) is 0 Å². The Morgan fingerprint density at radius 1 is 1.17 bits per heavy atom. The molecule has 1 aromatic rings. The van der Waals surface area contributed by atoms with Crippen LogP contribution in [0, 0.1) is 27.7 Å². The van der Waals surface area contributed by atoms with Gasteiger partial charge in [0.05, 0.1) is 24.2 Å². The van der Waals surface area contributed by atoms with Crippen LogP contribution in [-0.4, -0.2) is 63.9 Å². The first-order chi connectivity index (χ1) is 11.2. The molecule has 1 heterocycles. The molecule has 1 fully saturated rings. The molecule has 1 aliphatic rings. The van der Waals surface area contributed by atoms with Crippen LogP contribution in [0.5, 0.6) is 0 Å². The van der Waals surface area contributed by atoms with Crippen molar-refractivity contribution in [3.8, 4) is 0 Å². The Morgan fingerprint density at radius 3 is 2.25 bits per heavy atom. The Labute approximate surface area is 144 Å². The SMILES string of the molecule is Cc1cc(C)c(C)c(S(=O)(=O)NCC(O)CN2CCOCC2)c1C. The number of aryl methyl sites for hydroxylation is 2. The molecule has 0 aromatic heterocycles. The van der Waals surface area contributed by atoms with Crippen LogP contribution in [-0.2, 0) is 14.8 Å². The minimum Gasteiger partial charge on any atom is -0.390 e. The van der Waals surface area contributed by atoms with Crippen molar-refractivity contribution in [3.05, 3.63) is 28.3 Å². The van der Waals surface area contributed by atoms with E-state index >= 15 is 0 Å². The first kappa shape index (κ1) is 19.3. The quantitative estimate of drug-likeness (QED) is 0.791. The largest absolute Gasteiger partial charge is 0.390 e. The smallest absolute Gasteiger partial charge is 0.241 e. The summed E-state index contributed by atoms with van der Waals surface area (Å²) in [5, 5.41) is 10.2. The number of ether oxygens (including phenoxy) is 1. The summed E-state index contributed by atoms with van der Waals surface area (Å²) in [6, 6.07) is 2.00. The molecule has 0 bridgehead atoms. The van der Waals surface area contributed by atoms with Crippen LogP contribution in [0.1, 0.15) is 22.3 Å². The zero-order valence-corrected chi connectivity index (χ0v) is 15.7. The summed E-state index contributed by atoms with van der Waals surface area (Å²) >= 11 is 0. The fourth-order valence-electron chi connectivity index (χ4n) is 3.01. The van der Waals surface area contributed by atoms with Gasteiger partial charge in [-0.15, -0.1) is 0 Å². The van der Waals surface area contributed by atoms with Crippen LogP contribution in [0.25, 0.3) is 0 Å². The highest BCUT2D eigenvalue weighted by molar-refractivity contribution is 7.89. The van der Waals surface area contributed by atoms with Crippen molar-refractivity contribution in [2.75, 3.05) is 39.4 Å². The number of aliphatic hydroxyl groups is 1. The Kier molecular flexibility index (Phi) is 6.39. The standard InChI is InChI=1S/C17H28N2O4S/c1-12-9-13(2)15(4)17(14(12)3)24(21,22)18-10-16(20)11-19-5-7-23-8-6-19/h9,16,18,20H,5-8,10-11H2,1-4H3. The van der Waals surface area contributed by atoms with Crippen molar-refractivity contribution in [2.24, 2.45) is 0 Å². The van der Waals surface area contributed by atoms with Crippen LogP contribution in [0.2, 0.25) is 0 Å². The Hall–Kier alpha value is -0.990. The summed E-state index contributed by atoms with van der Waals surface area (Å²) in [6.45, 7) is 10.7. The van der Waals surface area contributed by atoms with Gasteiger partial charge in [0, 0.05) is 26.2 Å². The average molecular weight is 356 g/mol. The van der Waals surface area contributed by atoms with E-state index in [-0.39, 0.29) is 6.54 Å². The number of benzene rings is 1. The lowest BCUT2D eigenvalue weighted by Gasteiger charge is -2.28. The third kappa shape index (κ3) is 4.55. The lowest BCUT2D eigenvalue weighted by atomic mass is 10.0. The van der Waals surface area contributed by atoms with Gasteiger partial charge in [0.2, 0.25) is 10.0 Å². The molecule has 136 valence electrons. The van der Waals surface area contributed by atoms with Gasteiger partial charge in [-0.25, -0.2) is 13.1 Å². The Morgan fingerprint density at radius 2 is 1.71 bits per heavy atom. The molecule has 2 rings (SSSR count). The molecule has 0 aliphatic carbocycles. The topological polar surface area (TPSA) is 78.9 Å². The normalized spacial score (nSPS) is 17.9. The third-order valence-corrected chi connectivity index (χ3v) is 6.34. The Bertz CT molecular complexity index is 656. The van der Waals surface area contributed by atoms with Crippen LogP contribution in [0.15, 0.2) is 11.0 Å². The van der Waals surface area contributed by atoms with Crippen LogP contribution in [0.3, 0.4) is 0 Å². The van der Waals surface area contributed by atoms with Gasteiger partial charge in [-0.3, -0.25) is 4.90 Å². The second-order valence-corrected chi connectivity index (χ2v) is 8.21. The number of nitrogens with one attached hydrogen (secondary N) is 1. The number of rotatable bonds is 6.